The molecule has 0 saturated carbocycles. The Balaban J connectivity index is 2.44. The van der Waals surface area contributed by atoms with Gasteiger partial charge in [0.1, 0.15) is 6.26 Å². The van der Waals surface area contributed by atoms with Gasteiger partial charge in [-0.3, -0.25) is 0 Å². The fourth-order valence-corrected chi connectivity index (χ4v) is 1.70. The summed E-state index contributed by atoms with van der Waals surface area (Å²) in [4.78, 5) is 0. The van der Waals surface area contributed by atoms with Crippen LogP contribution < -0.4 is 0 Å². The highest BCUT2D eigenvalue weighted by molar-refractivity contribution is 5.68. The van der Waals surface area contributed by atoms with E-state index in [-0.39, 0.29) is 5.56 Å². The second-order valence-corrected chi connectivity index (χ2v) is 3.97. The molecule has 1 aromatic heterocycles. The topological polar surface area (TPSA) is 35.3 Å². The van der Waals surface area contributed by atoms with Crippen LogP contribution in [0, 0.1) is 0 Å². The number of aromatic nitrogens is 1. The minimum atomic E-state index is -4.42. The van der Waals surface area contributed by atoms with E-state index in [1.165, 1.54) is 36.9 Å². The molecule has 0 unspecified atom stereocenters. The van der Waals surface area contributed by atoms with Crippen molar-refractivity contribution in [2.45, 2.75) is 13.1 Å². The van der Waals surface area contributed by atoms with Crippen LogP contribution in [0.15, 0.2) is 41.4 Å². The van der Waals surface area contributed by atoms with Gasteiger partial charge in [0.05, 0.1) is 24.6 Å². The number of rotatable bonds is 4. The SMILES string of the molecule is CCO/C=C/c1cc(-c2cnoc2)ccc1C(F)(F)F. The van der Waals surface area contributed by atoms with Gasteiger partial charge in [0.15, 0.2) is 0 Å². The molecule has 0 aliphatic carbocycles. The van der Waals surface area contributed by atoms with Crippen molar-refractivity contribution in [2.75, 3.05) is 6.61 Å². The van der Waals surface area contributed by atoms with Crippen LogP contribution in [-0.2, 0) is 10.9 Å². The molecular formula is C14H12F3NO2. The van der Waals surface area contributed by atoms with Crippen molar-refractivity contribution in [1.82, 2.24) is 5.16 Å². The molecule has 1 aromatic carbocycles. The number of hydrogen-bond acceptors (Lipinski definition) is 3. The van der Waals surface area contributed by atoms with Gasteiger partial charge in [-0.15, -0.1) is 0 Å². The van der Waals surface area contributed by atoms with E-state index in [9.17, 15) is 13.2 Å². The summed E-state index contributed by atoms with van der Waals surface area (Å²) in [6.45, 7) is 2.14. The molecule has 0 bridgehead atoms. The van der Waals surface area contributed by atoms with Crippen LogP contribution >= 0.6 is 0 Å². The largest absolute Gasteiger partial charge is 0.501 e. The van der Waals surface area contributed by atoms with Crippen LogP contribution in [0.1, 0.15) is 18.1 Å². The van der Waals surface area contributed by atoms with Crippen molar-refractivity contribution in [3.63, 3.8) is 0 Å². The summed E-state index contributed by atoms with van der Waals surface area (Å²) in [5.74, 6) is 0. The summed E-state index contributed by atoms with van der Waals surface area (Å²) >= 11 is 0. The molecular weight excluding hydrogens is 271 g/mol. The van der Waals surface area contributed by atoms with Gasteiger partial charge >= 0.3 is 6.18 Å². The van der Waals surface area contributed by atoms with Crippen molar-refractivity contribution in [1.29, 1.82) is 0 Å². The molecule has 0 spiro atoms. The zero-order valence-corrected chi connectivity index (χ0v) is 10.6. The third kappa shape index (κ3) is 3.20. The summed E-state index contributed by atoms with van der Waals surface area (Å²) in [6.07, 6.45) is 0.946. The average Bonchev–Trinajstić information content (AvgIpc) is 2.91. The lowest BCUT2D eigenvalue weighted by Crippen LogP contribution is -2.07. The quantitative estimate of drug-likeness (QED) is 0.782. The van der Waals surface area contributed by atoms with Gasteiger partial charge in [-0.1, -0.05) is 11.2 Å². The Morgan fingerprint density at radius 2 is 2.10 bits per heavy atom. The van der Waals surface area contributed by atoms with Gasteiger partial charge < -0.3 is 9.26 Å². The van der Waals surface area contributed by atoms with Gasteiger partial charge in [0.25, 0.3) is 0 Å². The number of ether oxygens (including phenoxy) is 1. The van der Waals surface area contributed by atoms with Gasteiger partial charge in [-0.05, 0) is 36.3 Å². The predicted molar refractivity (Wildman–Crippen MR) is 67.6 cm³/mol. The molecule has 0 aliphatic heterocycles. The summed E-state index contributed by atoms with van der Waals surface area (Å²) in [5, 5.41) is 3.53. The van der Waals surface area contributed by atoms with Crippen molar-refractivity contribution in [3.05, 3.63) is 48.0 Å². The zero-order chi connectivity index (χ0) is 14.6. The van der Waals surface area contributed by atoms with Crippen LogP contribution in [-0.4, -0.2) is 11.8 Å². The molecule has 0 fully saturated rings. The second kappa shape index (κ2) is 5.81. The molecule has 2 rings (SSSR count). The maximum atomic E-state index is 12.9. The average molecular weight is 283 g/mol. The fourth-order valence-electron chi connectivity index (χ4n) is 1.70. The molecule has 6 heteroatoms. The first-order valence-corrected chi connectivity index (χ1v) is 5.91. The van der Waals surface area contributed by atoms with Crippen molar-refractivity contribution in [3.8, 4) is 11.1 Å². The minimum absolute atomic E-state index is 0.0321. The Labute approximate surface area is 113 Å². The van der Waals surface area contributed by atoms with Crippen LogP contribution in [0.2, 0.25) is 0 Å². The molecule has 0 saturated heterocycles. The van der Waals surface area contributed by atoms with Crippen molar-refractivity contribution in [2.24, 2.45) is 0 Å². The number of hydrogen-bond donors (Lipinski definition) is 0. The Morgan fingerprint density at radius 3 is 2.70 bits per heavy atom. The van der Waals surface area contributed by atoms with Gasteiger partial charge in [-0.25, -0.2) is 0 Å². The fraction of sp³-hybridized carbons (Fsp3) is 0.214. The summed E-state index contributed by atoms with van der Waals surface area (Å²) < 4.78 is 48.4. The molecule has 1 heterocycles. The van der Waals surface area contributed by atoms with Crippen LogP contribution in [0.5, 0.6) is 0 Å². The summed E-state index contributed by atoms with van der Waals surface area (Å²) in [5.41, 5.74) is 0.526. The van der Waals surface area contributed by atoms with E-state index in [1.807, 2.05) is 0 Å². The number of halogens is 3. The maximum absolute atomic E-state index is 12.9. The Kier molecular flexibility index (Phi) is 4.12. The highest BCUT2D eigenvalue weighted by Crippen LogP contribution is 2.34. The first-order valence-electron chi connectivity index (χ1n) is 5.91. The molecule has 2 aromatic rings. The Hall–Kier alpha value is -2.24. The van der Waals surface area contributed by atoms with E-state index < -0.39 is 11.7 Å². The molecule has 106 valence electrons. The lowest BCUT2D eigenvalue weighted by Gasteiger charge is -2.11. The highest BCUT2D eigenvalue weighted by Gasteiger charge is 2.32. The van der Waals surface area contributed by atoms with Crippen LogP contribution in [0.25, 0.3) is 17.2 Å². The third-order valence-electron chi connectivity index (χ3n) is 2.63. The first kappa shape index (κ1) is 14.2. The molecule has 3 nitrogen and oxygen atoms in total. The lowest BCUT2D eigenvalue weighted by molar-refractivity contribution is -0.137. The number of alkyl halides is 3. The summed E-state index contributed by atoms with van der Waals surface area (Å²) in [6, 6.07) is 3.84. The number of nitrogens with zero attached hydrogens (tertiary/aromatic N) is 1. The maximum Gasteiger partial charge on any atom is 0.416 e. The molecule has 20 heavy (non-hydrogen) atoms. The van der Waals surface area contributed by atoms with Gasteiger partial charge in [-0.2, -0.15) is 13.2 Å². The molecule has 0 radical (unpaired) electrons. The van der Waals surface area contributed by atoms with E-state index >= 15 is 0 Å². The van der Waals surface area contributed by atoms with Crippen molar-refractivity contribution < 1.29 is 22.4 Å². The van der Waals surface area contributed by atoms with E-state index in [0.717, 1.165) is 6.07 Å². The Morgan fingerprint density at radius 1 is 1.30 bits per heavy atom. The summed E-state index contributed by atoms with van der Waals surface area (Å²) in [7, 11) is 0. The van der Waals surface area contributed by atoms with Crippen LogP contribution in [0.4, 0.5) is 13.2 Å². The van der Waals surface area contributed by atoms with E-state index in [4.69, 9.17) is 4.74 Å². The van der Waals surface area contributed by atoms with E-state index in [2.05, 4.69) is 9.68 Å². The molecule has 0 atom stereocenters. The standard InChI is InChI=1S/C14H12F3NO2/c1-2-19-6-5-11-7-10(12-8-18-20-9-12)3-4-13(11)14(15,16)17/h3-9H,2H2,1H3/b6-5+. The smallest absolute Gasteiger partial charge is 0.416 e. The monoisotopic (exact) mass is 283 g/mol. The molecule has 0 aliphatic rings. The Bertz CT molecular complexity index is 589. The number of benzene rings is 1. The molecule has 0 amide bonds. The molecule has 0 N–H and O–H groups in total. The first-order chi connectivity index (χ1) is 9.52. The minimum Gasteiger partial charge on any atom is -0.501 e. The third-order valence-corrected chi connectivity index (χ3v) is 2.63. The predicted octanol–water partition coefficient (Wildman–Crippen LogP) is 4.37. The normalized spacial score (nSPS) is 12.0. The second-order valence-electron chi connectivity index (χ2n) is 3.97. The highest BCUT2D eigenvalue weighted by atomic mass is 19.4. The van der Waals surface area contributed by atoms with E-state index in [0.29, 0.717) is 17.7 Å². The zero-order valence-electron chi connectivity index (χ0n) is 10.6. The van der Waals surface area contributed by atoms with Crippen molar-refractivity contribution >= 4 is 6.08 Å². The van der Waals surface area contributed by atoms with E-state index in [1.54, 1.807) is 6.92 Å². The van der Waals surface area contributed by atoms with Gasteiger partial charge in [0.2, 0.25) is 0 Å². The van der Waals surface area contributed by atoms with Gasteiger partial charge in [0, 0.05) is 5.56 Å². The lowest BCUT2D eigenvalue weighted by atomic mass is 10.0. The van der Waals surface area contributed by atoms with Crippen LogP contribution in [0.3, 0.4) is 0 Å².